The average molecular weight is 252 g/mol. The lowest BCUT2D eigenvalue weighted by atomic mass is 10.1. The van der Waals surface area contributed by atoms with Gasteiger partial charge in [-0.2, -0.15) is 0 Å². The van der Waals surface area contributed by atoms with Crippen LogP contribution in [-0.4, -0.2) is 45.6 Å². The summed E-state index contributed by atoms with van der Waals surface area (Å²) in [5.74, 6) is 0. The Kier molecular flexibility index (Phi) is 6.72. The number of aryl methyl sites for hydroxylation is 1. The molecule has 4 heteroatoms. The first-order valence-corrected chi connectivity index (χ1v) is 6.31. The van der Waals surface area contributed by atoms with Crippen LogP contribution in [0.5, 0.6) is 0 Å². The Labute approximate surface area is 110 Å². The predicted molar refractivity (Wildman–Crippen MR) is 75.1 cm³/mol. The van der Waals surface area contributed by atoms with Gasteiger partial charge >= 0.3 is 0 Å². The molecule has 0 fully saturated rings. The van der Waals surface area contributed by atoms with Gasteiger partial charge in [0, 0.05) is 32.4 Å². The maximum absolute atomic E-state index is 9.11. The van der Waals surface area contributed by atoms with Crippen LogP contribution in [0.15, 0.2) is 18.2 Å². The number of benzene rings is 1. The lowest BCUT2D eigenvalue weighted by Gasteiger charge is -2.24. The third kappa shape index (κ3) is 4.29. The Morgan fingerprint density at radius 2 is 2.11 bits per heavy atom. The molecule has 1 aromatic carbocycles. The Bertz CT molecular complexity index is 356. The number of hydrogen-bond acceptors (Lipinski definition) is 4. The molecular weight excluding hydrogens is 228 g/mol. The number of methoxy groups -OCH3 is 1. The van der Waals surface area contributed by atoms with Crippen molar-refractivity contribution < 1.29 is 9.84 Å². The van der Waals surface area contributed by atoms with E-state index in [0.717, 1.165) is 18.8 Å². The minimum Gasteiger partial charge on any atom is -0.395 e. The van der Waals surface area contributed by atoms with E-state index < -0.39 is 0 Å². The summed E-state index contributed by atoms with van der Waals surface area (Å²) in [5, 5.41) is 12.3. The summed E-state index contributed by atoms with van der Waals surface area (Å²) < 4.78 is 5.10. The first-order valence-electron chi connectivity index (χ1n) is 6.31. The normalized spacial score (nSPS) is 10.7. The quantitative estimate of drug-likeness (QED) is 0.729. The summed E-state index contributed by atoms with van der Waals surface area (Å²) in [5.41, 5.74) is 3.71. The summed E-state index contributed by atoms with van der Waals surface area (Å²) in [6.45, 7) is 5.24. The topological polar surface area (TPSA) is 44.7 Å². The number of anilines is 1. The summed E-state index contributed by atoms with van der Waals surface area (Å²) >= 11 is 0. The van der Waals surface area contributed by atoms with E-state index in [4.69, 9.17) is 9.84 Å². The van der Waals surface area contributed by atoms with Crippen molar-refractivity contribution >= 4 is 5.69 Å². The third-order valence-electron chi connectivity index (χ3n) is 2.99. The first-order chi connectivity index (χ1) is 8.72. The van der Waals surface area contributed by atoms with Crippen LogP contribution in [0, 0.1) is 6.92 Å². The second-order valence-electron chi connectivity index (χ2n) is 4.34. The van der Waals surface area contributed by atoms with Gasteiger partial charge in [0.05, 0.1) is 13.2 Å². The molecule has 0 saturated carbocycles. The number of nitrogens with zero attached hydrogens (tertiary/aromatic N) is 1. The zero-order chi connectivity index (χ0) is 13.4. The highest BCUT2D eigenvalue weighted by Gasteiger charge is 2.07. The van der Waals surface area contributed by atoms with E-state index in [2.05, 4.69) is 35.3 Å². The summed E-state index contributed by atoms with van der Waals surface area (Å²) in [7, 11) is 3.64. The van der Waals surface area contributed by atoms with E-state index in [1.54, 1.807) is 7.11 Å². The summed E-state index contributed by atoms with van der Waals surface area (Å²) in [4.78, 5) is 2.14. The van der Waals surface area contributed by atoms with E-state index in [1.807, 2.05) is 7.05 Å². The van der Waals surface area contributed by atoms with Gasteiger partial charge in [-0.1, -0.05) is 6.07 Å². The molecule has 0 saturated heterocycles. The SMILES string of the molecule is CNCc1ccc(N(CCO)CCOC)cc1C. The zero-order valence-electron chi connectivity index (χ0n) is 11.6. The van der Waals surface area contributed by atoms with Crippen molar-refractivity contribution in [1.29, 1.82) is 0 Å². The van der Waals surface area contributed by atoms with Crippen LogP contribution >= 0.6 is 0 Å². The van der Waals surface area contributed by atoms with Crippen LogP contribution in [0.1, 0.15) is 11.1 Å². The number of rotatable bonds is 8. The summed E-state index contributed by atoms with van der Waals surface area (Å²) in [6, 6.07) is 6.40. The van der Waals surface area contributed by atoms with Crippen molar-refractivity contribution in [2.75, 3.05) is 45.4 Å². The van der Waals surface area contributed by atoms with E-state index in [0.29, 0.717) is 13.2 Å². The van der Waals surface area contributed by atoms with Gasteiger partial charge in [-0.05, 0) is 37.2 Å². The maximum Gasteiger partial charge on any atom is 0.0637 e. The molecule has 0 bridgehead atoms. The Morgan fingerprint density at radius 3 is 2.67 bits per heavy atom. The fraction of sp³-hybridized carbons (Fsp3) is 0.571. The molecule has 0 aliphatic heterocycles. The number of hydrogen-bond donors (Lipinski definition) is 2. The molecule has 18 heavy (non-hydrogen) atoms. The predicted octanol–water partition coefficient (Wildman–Crippen LogP) is 1.16. The van der Waals surface area contributed by atoms with Crippen molar-refractivity contribution in [3.63, 3.8) is 0 Å². The molecule has 0 radical (unpaired) electrons. The van der Waals surface area contributed by atoms with Crippen molar-refractivity contribution in [1.82, 2.24) is 5.32 Å². The van der Waals surface area contributed by atoms with Crippen molar-refractivity contribution in [3.05, 3.63) is 29.3 Å². The number of nitrogens with one attached hydrogen (secondary N) is 1. The fourth-order valence-electron chi connectivity index (χ4n) is 1.96. The van der Waals surface area contributed by atoms with E-state index in [1.165, 1.54) is 11.1 Å². The Morgan fingerprint density at radius 1 is 1.33 bits per heavy atom. The molecule has 1 aromatic rings. The van der Waals surface area contributed by atoms with Gasteiger partial charge in [0.25, 0.3) is 0 Å². The number of aliphatic hydroxyl groups is 1. The molecule has 0 aliphatic rings. The van der Waals surface area contributed by atoms with Crippen LogP contribution in [0.4, 0.5) is 5.69 Å². The van der Waals surface area contributed by atoms with Gasteiger partial charge in [0.1, 0.15) is 0 Å². The van der Waals surface area contributed by atoms with Gasteiger partial charge in [-0.3, -0.25) is 0 Å². The van der Waals surface area contributed by atoms with E-state index >= 15 is 0 Å². The smallest absolute Gasteiger partial charge is 0.0637 e. The van der Waals surface area contributed by atoms with Crippen molar-refractivity contribution in [2.45, 2.75) is 13.5 Å². The minimum atomic E-state index is 0.154. The highest BCUT2D eigenvalue weighted by molar-refractivity contribution is 5.50. The molecule has 0 amide bonds. The summed E-state index contributed by atoms with van der Waals surface area (Å²) in [6.07, 6.45) is 0. The van der Waals surface area contributed by atoms with Crippen molar-refractivity contribution in [3.8, 4) is 0 Å². The lowest BCUT2D eigenvalue weighted by molar-refractivity contribution is 0.203. The van der Waals surface area contributed by atoms with E-state index in [-0.39, 0.29) is 6.61 Å². The maximum atomic E-state index is 9.11. The second-order valence-corrected chi connectivity index (χ2v) is 4.34. The molecule has 102 valence electrons. The lowest BCUT2D eigenvalue weighted by Crippen LogP contribution is -2.30. The Hall–Kier alpha value is -1.10. The molecule has 0 heterocycles. The molecule has 1 rings (SSSR count). The molecule has 0 aromatic heterocycles. The standard InChI is InChI=1S/C14H24N2O2/c1-12-10-14(5-4-13(12)11-15-2)16(6-8-17)7-9-18-3/h4-5,10,15,17H,6-9,11H2,1-3H3. The van der Waals surface area contributed by atoms with Crippen LogP contribution < -0.4 is 10.2 Å². The average Bonchev–Trinajstić information content (AvgIpc) is 2.37. The Balaban J connectivity index is 2.81. The molecule has 0 atom stereocenters. The van der Waals surface area contributed by atoms with Crippen LogP contribution in [0.25, 0.3) is 0 Å². The van der Waals surface area contributed by atoms with Crippen LogP contribution in [-0.2, 0) is 11.3 Å². The van der Waals surface area contributed by atoms with Gasteiger partial charge < -0.3 is 20.1 Å². The largest absolute Gasteiger partial charge is 0.395 e. The van der Waals surface area contributed by atoms with Gasteiger partial charge in [0.2, 0.25) is 0 Å². The van der Waals surface area contributed by atoms with Crippen LogP contribution in [0.2, 0.25) is 0 Å². The molecule has 0 aliphatic carbocycles. The van der Waals surface area contributed by atoms with Crippen molar-refractivity contribution in [2.24, 2.45) is 0 Å². The zero-order valence-corrected chi connectivity index (χ0v) is 11.6. The van der Waals surface area contributed by atoms with Gasteiger partial charge in [-0.15, -0.1) is 0 Å². The van der Waals surface area contributed by atoms with Gasteiger partial charge in [0.15, 0.2) is 0 Å². The second kappa shape index (κ2) is 8.08. The monoisotopic (exact) mass is 252 g/mol. The fourth-order valence-corrected chi connectivity index (χ4v) is 1.96. The van der Waals surface area contributed by atoms with Crippen LogP contribution in [0.3, 0.4) is 0 Å². The van der Waals surface area contributed by atoms with E-state index in [9.17, 15) is 0 Å². The molecule has 0 spiro atoms. The van der Waals surface area contributed by atoms with Gasteiger partial charge in [-0.25, -0.2) is 0 Å². The molecule has 0 unspecified atom stereocenters. The molecule has 4 nitrogen and oxygen atoms in total. The third-order valence-corrected chi connectivity index (χ3v) is 2.99. The minimum absolute atomic E-state index is 0.154. The molecular formula is C14H24N2O2. The first kappa shape index (κ1) is 15.0. The highest BCUT2D eigenvalue weighted by Crippen LogP contribution is 2.19. The number of ether oxygens (including phenoxy) is 1. The molecule has 2 N–H and O–H groups in total. The number of aliphatic hydroxyl groups excluding tert-OH is 1. The highest BCUT2D eigenvalue weighted by atomic mass is 16.5.